The number of halogens is 1. The van der Waals surface area contributed by atoms with E-state index in [1.54, 1.807) is 17.4 Å². The number of amides is 1. The largest absolute Gasteiger partial charge is 0.353 e. The molecule has 0 radical (unpaired) electrons. The molecule has 1 N–H and O–H groups in total. The van der Waals surface area contributed by atoms with E-state index in [-0.39, 0.29) is 18.3 Å². The van der Waals surface area contributed by atoms with Crippen molar-refractivity contribution in [3.05, 3.63) is 47.6 Å². The van der Waals surface area contributed by atoms with Crippen LogP contribution in [0.1, 0.15) is 26.2 Å². The van der Waals surface area contributed by atoms with Crippen LogP contribution < -0.4 is 5.32 Å². The van der Waals surface area contributed by atoms with Gasteiger partial charge < -0.3 is 9.88 Å². The molecule has 1 amide bonds. The van der Waals surface area contributed by atoms with Crippen LogP contribution in [-0.4, -0.2) is 41.1 Å². The van der Waals surface area contributed by atoms with E-state index in [1.165, 1.54) is 31.4 Å². The van der Waals surface area contributed by atoms with Gasteiger partial charge in [-0.15, -0.1) is 11.3 Å². The van der Waals surface area contributed by atoms with E-state index in [2.05, 4.69) is 17.1 Å². The number of likely N-dealkylation sites (tertiary alicyclic amines) is 1. The second kappa shape index (κ2) is 8.45. The number of rotatable bonds is 6. The van der Waals surface area contributed by atoms with Crippen molar-refractivity contribution >= 4 is 28.1 Å². The summed E-state index contributed by atoms with van der Waals surface area (Å²) in [7, 11) is 0. The SMILES string of the molecule is CC1CCCCN1CCNC(=O)Cn1c(-c2cccs2)cc2cc(F)ccc21. The Morgan fingerprint density at radius 2 is 2.18 bits per heavy atom. The topological polar surface area (TPSA) is 37.3 Å². The first-order chi connectivity index (χ1) is 13.6. The highest BCUT2D eigenvalue weighted by Crippen LogP contribution is 2.31. The number of fused-ring (bicyclic) bond motifs is 1. The molecule has 148 valence electrons. The number of aromatic nitrogens is 1. The summed E-state index contributed by atoms with van der Waals surface area (Å²) in [6.07, 6.45) is 3.79. The van der Waals surface area contributed by atoms with Gasteiger partial charge in [-0.2, -0.15) is 0 Å². The minimum absolute atomic E-state index is 0.00991. The fraction of sp³-hybridized carbons (Fsp3) is 0.409. The number of nitrogens with zero attached hydrogens (tertiary/aromatic N) is 2. The van der Waals surface area contributed by atoms with Gasteiger partial charge in [0.2, 0.25) is 5.91 Å². The smallest absolute Gasteiger partial charge is 0.240 e. The highest BCUT2D eigenvalue weighted by Gasteiger charge is 2.18. The number of thiophene rings is 1. The van der Waals surface area contributed by atoms with E-state index < -0.39 is 0 Å². The monoisotopic (exact) mass is 399 g/mol. The Hall–Kier alpha value is -2.18. The van der Waals surface area contributed by atoms with E-state index in [1.807, 2.05) is 28.1 Å². The third-order valence-corrected chi connectivity index (χ3v) is 6.49. The Kier molecular flexibility index (Phi) is 5.78. The summed E-state index contributed by atoms with van der Waals surface area (Å²) in [4.78, 5) is 16.2. The zero-order valence-electron chi connectivity index (χ0n) is 16.2. The molecule has 3 heterocycles. The van der Waals surface area contributed by atoms with Gasteiger partial charge in [0.15, 0.2) is 0 Å². The Morgan fingerprint density at radius 3 is 2.96 bits per heavy atom. The third kappa shape index (κ3) is 4.13. The van der Waals surface area contributed by atoms with E-state index >= 15 is 0 Å². The van der Waals surface area contributed by atoms with Crippen LogP contribution in [0.2, 0.25) is 0 Å². The average Bonchev–Trinajstić information content (AvgIpc) is 3.31. The fourth-order valence-electron chi connectivity index (χ4n) is 4.07. The molecule has 4 rings (SSSR count). The molecule has 1 aromatic carbocycles. The molecule has 0 spiro atoms. The molecule has 3 aromatic rings. The molecule has 0 bridgehead atoms. The second-order valence-electron chi connectivity index (χ2n) is 7.53. The van der Waals surface area contributed by atoms with Crippen LogP contribution in [-0.2, 0) is 11.3 Å². The van der Waals surface area contributed by atoms with Gasteiger partial charge in [0.05, 0.1) is 10.6 Å². The summed E-state index contributed by atoms with van der Waals surface area (Å²) in [6.45, 7) is 5.17. The summed E-state index contributed by atoms with van der Waals surface area (Å²) in [5.74, 6) is -0.272. The molecule has 6 heteroatoms. The molecular formula is C22H26FN3OS. The average molecular weight is 400 g/mol. The highest BCUT2D eigenvalue weighted by atomic mass is 32.1. The Balaban J connectivity index is 1.47. The Bertz CT molecular complexity index is 950. The number of hydrogen-bond acceptors (Lipinski definition) is 3. The van der Waals surface area contributed by atoms with Gasteiger partial charge in [0.25, 0.3) is 0 Å². The zero-order valence-corrected chi connectivity index (χ0v) is 17.0. The lowest BCUT2D eigenvalue weighted by atomic mass is 10.0. The first kappa shape index (κ1) is 19.2. The summed E-state index contributed by atoms with van der Waals surface area (Å²) in [5, 5.41) is 5.89. The van der Waals surface area contributed by atoms with Gasteiger partial charge in [-0.3, -0.25) is 9.69 Å². The lowest BCUT2D eigenvalue weighted by Gasteiger charge is -2.33. The van der Waals surface area contributed by atoms with E-state index in [9.17, 15) is 9.18 Å². The quantitative estimate of drug-likeness (QED) is 0.663. The maximum Gasteiger partial charge on any atom is 0.240 e. The predicted octanol–water partition coefficient (Wildman–Crippen LogP) is 4.50. The van der Waals surface area contributed by atoms with Gasteiger partial charge in [0, 0.05) is 30.0 Å². The van der Waals surface area contributed by atoms with Crippen molar-refractivity contribution in [3.63, 3.8) is 0 Å². The normalized spacial score (nSPS) is 17.9. The molecule has 1 atom stereocenters. The number of hydrogen-bond donors (Lipinski definition) is 1. The predicted molar refractivity (Wildman–Crippen MR) is 113 cm³/mol. The maximum absolute atomic E-state index is 13.7. The number of carbonyl (C=O) groups excluding carboxylic acids is 1. The summed E-state index contributed by atoms with van der Waals surface area (Å²) in [5.41, 5.74) is 1.83. The van der Waals surface area contributed by atoms with Crippen LogP contribution >= 0.6 is 11.3 Å². The van der Waals surface area contributed by atoms with Crippen molar-refractivity contribution in [1.29, 1.82) is 0 Å². The number of carbonyl (C=O) groups is 1. The molecule has 1 aliphatic heterocycles. The zero-order chi connectivity index (χ0) is 19.5. The number of piperidine rings is 1. The van der Waals surface area contributed by atoms with Gasteiger partial charge in [-0.25, -0.2) is 4.39 Å². The molecule has 1 unspecified atom stereocenters. The lowest BCUT2D eigenvalue weighted by Crippen LogP contribution is -2.42. The fourth-order valence-corrected chi connectivity index (χ4v) is 4.82. The molecule has 28 heavy (non-hydrogen) atoms. The molecule has 0 saturated carbocycles. The highest BCUT2D eigenvalue weighted by molar-refractivity contribution is 7.13. The van der Waals surface area contributed by atoms with Crippen molar-refractivity contribution in [2.45, 2.75) is 38.8 Å². The van der Waals surface area contributed by atoms with Crippen molar-refractivity contribution < 1.29 is 9.18 Å². The van der Waals surface area contributed by atoms with Crippen LogP contribution in [0.15, 0.2) is 41.8 Å². The van der Waals surface area contributed by atoms with E-state index in [0.717, 1.165) is 34.6 Å². The first-order valence-corrected chi connectivity index (χ1v) is 10.8. The molecule has 1 saturated heterocycles. The standard InChI is InChI=1S/C22H26FN3OS/c1-16-5-2-3-10-25(16)11-9-24-22(27)15-26-19-8-7-18(23)13-17(19)14-20(26)21-6-4-12-28-21/h4,6-8,12-14,16H,2-3,5,9-11,15H2,1H3,(H,24,27). The minimum atomic E-state index is -0.262. The van der Waals surface area contributed by atoms with Crippen LogP contribution in [0.25, 0.3) is 21.5 Å². The molecule has 1 aliphatic rings. The van der Waals surface area contributed by atoms with Crippen LogP contribution in [0.4, 0.5) is 4.39 Å². The first-order valence-electron chi connectivity index (χ1n) is 9.95. The molecule has 2 aromatic heterocycles. The van der Waals surface area contributed by atoms with Gasteiger partial charge in [0.1, 0.15) is 12.4 Å². The van der Waals surface area contributed by atoms with Crippen molar-refractivity contribution in [2.24, 2.45) is 0 Å². The van der Waals surface area contributed by atoms with E-state index in [0.29, 0.717) is 12.6 Å². The lowest BCUT2D eigenvalue weighted by molar-refractivity contribution is -0.121. The van der Waals surface area contributed by atoms with Crippen molar-refractivity contribution in [3.8, 4) is 10.6 Å². The third-order valence-electron chi connectivity index (χ3n) is 5.60. The van der Waals surface area contributed by atoms with Gasteiger partial charge in [-0.05, 0) is 62.0 Å². The minimum Gasteiger partial charge on any atom is -0.353 e. The summed E-state index contributed by atoms with van der Waals surface area (Å²) < 4.78 is 15.7. The van der Waals surface area contributed by atoms with Crippen molar-refractivity contribution in [1.82, 2.24) is 14.8 Å². The van der Waals surface area contributed by atoms with Crippen molar-refractivity contribution in [2.75, 3.05) is 19.6 Å². The maximum atomic E-state index is 13.7. The van der Waals surface area contributed by atoms with E-state index in [4.69, 9.17) is 0 Å². The number of nitrogens with one attached hydrogen (secondary N) is 1. The van der Waals surface area contributed by atoms with Crippen LogP contribution in [0, 0.1) is 5.82 Å². The summed E-state index contributed by atoms with van der Waals surface area (Å²) in [6, 6.07) is 11.3. The Labute approximate surface area is 169 Å². The second-order valence-corrected chi connectivity index (χ2v) is 8.47. The molecule has 0 aliphatic carbocycles. The van der Waals surface area contributed by atoms with Gasteiger partial charge in [-0.1, -0.05) is 12.5 Å². The molecule has 1 fully saturated rings. The van der Waals surface area contributed by atoms with Crippen LogP contribution in [0.5, 0.6) is 0 Å². The Morgan fingerprint density at radius 1 is 1.29 bits per heavy atom. The summed E-state index contributed by atoms with van der Waals surface area (Å²) >= 11 is 1.62. The number of benzene rings is 1. The molecule has 4 nitrogen and oxygen atoms in total. The molecular weight excluding hydrogens is 373 g/mol. The van der Waals surface area contributed by atoms with Crippen LogP contribution in [0.3, 0.4) is 0 Å². The van der Waals surface area contributed by atoms with Gasteiger partial charge >= 0.3 is 0 Å².